The lowest BCUT2D eigenvalue weighted by Crippen LogP contribution is -2.41. The third kappa shape index (κ3) is 2.79. The Kier molecular flexibility index (Phi) is 4.18. The number of para-hydroxylation sites is 2. The minimum absolute atomic E-state index is 0.158. The van der Waals surface area contributed by atoms with E-state index in [1.807, 2.05) is 0 Å². The van der Waals surface area contributed by atoms with Crippen LogP contribution in [0.2, 0.25) is 0 Å². The molecule has 1 atom stereocenters. The number of hydrogen-bond donors (Lipinski definition) is 0. The molecule has 1 fully saturated rings. The van der Waals surface area contributed by atoms with Crippen LogP contribution in [0.1, 0.15) is 33.3 Å². The summed E-state index contributed by atoms with van der Waals surface area (Å²) in [6.07, 6.45) is 8.45. The number of nitrogens with zero attached hydrogens (tertiary/aromatic N) is 1. The molecule has 4 heterocycles. The van der Waals surface area contributed by atoms with E-state index < -0.39 is 18.3 Å². The highest BCUT2D eigenvalue weighted by atomic mass is 16.7. The molecule has 0 N–H and O–H groups in total. The molecule has 0 spiro atoms. The van der Waals surface area contributed by atoms with Crippen LogP contribution in [0.3, 0.4) is 0 Å². The van der Waals surface area contributed by atoms with Crippen LogP contribution in [0.25, 0.3) is 54.4 Å². The first-order valence-corrected chi connectivity index (χ1v) is 14.1. The Bertz CT molecular complexity index is 2150. The fourth-order valence-electron chi connectivity index (χ4n) is 6.86. The molecular formula is C35H28BNO3. The van der Waals surface area contributed by atoms with E-state index in [-0.39, 0.29) is 6.10 Å². The normalized spacial score (nSPS) is 21.3. The molecule has 194 valence electrons. The van der Waals surface area contributed by atoms with Gasteiger partial charge in [0.1, 0.15) is 11.9 Å². The molecule has 2 aliphatic heterocycles. The van der Waals surface area contributed by atoms with Crippen molar-refractivity contribution in [3.8, 4) is 5.75 Å². The van der Waals surface area contributed by atoms with Crippen molar-refractivity contribution in [1.29, 1.82) is 0 Å². The number of fused-ring (bicyclic) bond motifs is 12. The highest BCUT2D eigenvalue weighted by Gasteiger charge is 2.52. The van der Waals surface area contributed by atoms with Gasteiger partial charge < -0.3 is 18.4 Å². The van der Waals surface area contributed by atoms with Crippen LogP contribution < -0.4 is 4.74 Å². The van der Waals surface area contributed by atoms with E-state index in [1.165, 1.54) is 43.5 Å². The molecule has 2 bridgehead atoms. The Morgan fingerprint density at radius 1 is 0.700 bits per heavy atom. The summed E-state index contributed by atoms with van der Waals surface area (Å²) in [5.74, 6) is 0.933. The van der Waals surface area contributed by atoms with Gasteiger partial charge in [0.05, 0.1) is 27.8 Å². The van der Waals surface area contributed by atoms with Gasteiger partial charge in [0.15, 0.2) is 0 Å². The molecular weight excluding hydrogens is 493 g/mol. The average molecular weight is 521 g/mol. The van der Waals surface area contributed by atoms with Crippen LogP contribution in [0.4, 0.5) is 0 Å². The van der Waals surface area contributed by atoms with Crippen LogP contribution in [-0.2, 0) is 9.31 Å². The van der Waals surface area contributed by atoms with Gasteiger partial charge in [-0.1, -0.05) is 60.7 Å². The van der Waals surface area contributed by atoms with E-state index in [0.717, 1.165) is 27.7 Å². The fraction of sp³-hybridized carbons (Fsp3) is 0.200. The number of rotatable bonds is 1. The Labute approximate surface area is 232 Å². The lowest BCUT2D eigenvalue weighted by Gasteiger charge is -2.32. The number of hydrogen-bond acceptors (Lipinski definition) is 3. The maximum absolute atomic E-state index is 6.68. The van der Waals surface area contributed by atoms with E-state index in [9.17, 15) is 0 Å². The Hall–Kier alpha value is -4.06. The van der Waals surface area contributed by atoms with E-state index in [0.29, 0.717) is 0 Å². The third-order valence-electron chi connectivity index (χ3n) is 9.57. The van der Waals surface area contributed by atoms with Crippen LogP contribution >= 0.6 is 0 Å². The minimum atomic E-state index is -0.420. The summed E-state index contributed by atoms with van der Waals surface area (Å²) in [5.41, 5.74) is 6.23. The summed E-state index contributed by atoms with van der Waals surface area (Å²) in [5, 5.41) is 7.49. The molecule has 6 aromatic rings. The quantitative estimate of drug-likeness (QED) is 0.204. The van der Waals surface area contributed by atoms with Crippen LogP contribution in [0, 0.1) is 0 Å². The molecule has 1 saturated heterocycles. The highest BCUT2D eigenvalue weighted by Crippen LogP contribution is 2.47. The van der Waals surface area contributed by atoms with E-state index in [1.54, 1.807) is 0 Å². The minimum Gasteiger partial charge on any atom is -0.481 e. The number of aromatic nitrogens is 1. The molecule has 4 aromatic carbocycles. The Balaban J connectivity index is 1.27. The molecule has 0 amide bonds. The van der Waals surface area contributed by atoms with Gasteiger partial charge in [-0.2, -0.15) is 0 Å². The lowest BCUT2D eigenvalue weighted by atomic mass is 9.76. The molecule has 5 heteroatoms. The zero-order chi connectivity index (χ0) is 27.0. The van der Waals surface area contributed by atoms with Crippen molar-refractivity contribution in [2.45, 2.75) is 45.0 Å². The van der Waals surface area contributed by atoms with Gasteiger partial charge in [0.25, 0.3) is 0 Å². The maximum Gasteiger partial charge on any atom is 0.494 e. The second-order valence-corrected chi connectivity index (χ2v) is 12.3. The maximum atomic E-state index is 6.68. The van der Waals surface area contributed by atoms with Crippen LogP contribution in [0.5, 0.6) is 5.75 Å². The standard InChI is InChI=1S/C35H28BNO3/c1-34(2)35(3,4)40-36(39-34)21-12-13-22-19-20(18-21)23-14-15-28-29(33(23)38-22)17-16-27-26-10-7-9-25-24-8-5-6-11-30(24)37(31(25)26)32(27)28/h5-19,22H,1-4H3. The summed E-state index contributed by atoms with van der Waals surface area (Å²) in [6, 6.07) is 24.4. The van der Waals surface area contributed by atoms with Gasteiger partial charge >= 0.3 is 7.12 Å². The van der Waals surface area contributed by atoms with E-state index in [4.69, 9.17) is 14.0 Å². The summed E-state index contributed by atoms with van der Waals surface area (Å²) in [6.45, 7) is 8.37. The molecule has 0 saturated carbocycles. The SMILES string of the molecule is CC1(C)OB(C2=CC3=CC(C=C2)Oc2c3ccc3c2ccc2c4cccc5c6ccccc6n(c32)c54)OC1(C)C. The Morgan fingerprint density at radius 3 is 2.12 bits per heavy atom. The van der Waals surface area contributed by atoms with Gasteiger partial charge in [-0.15, -0.1) is 0 Å². The third-order valence-corrected chi connectivity index (χ3v) is 9.57. The number of benzene rings is 4. The predicted molar refractivity (Wildman–Crippen MR) is 164 cm³/mol. The van der Waals surface area contributed by atoms with Gasteiger partial charge in [-0.3, -0.25) is 0 Å². The van der Waals surface area contributed by atoms with Crippen molar-refractivity contribution in [2.24, 2.45) is 0 Å². The van der Waals surface area contributed by atoms with E-state index in [2.05, 4.69) is 123 Å². The van der Waals surface area contributed by atoms with Crippen LogP contribution in [0.15, 0.2) is 96.5 Å². The number of ether oxygens (including phenoxy) is 1. The van der Waals surface area contributed by atoms with Crippen molar-refractivity contribution < 1.29 is 14.0 Å². The molecule has 1 aliphatic carbocycles. The predicted octanol–water partition coefficient (Wildman–Crippen LogP) is 8.26. The van der Waals surface area contributed by atoms with Crippen molar-refractivity contribution in [3.05, 3.63) is 102 Å². The topological polar surface area (TPSA) is 32.1 Å². The first-order valence-electron chi connectivity index (χ1n) is 14.1. The highest BCUT2D eigenvalue weighted by molar-refractivity contribution is 6.56. The van der Waals surface area contributed by atoms with Crippen LogP contribution in [-0.4, -0.2) is 28.8 Å². The molecule has 40 heavy (non-hydrogen) atoms. The second kappa shape index (κ2) is 7.36. The summed E-state index contributed by atoms with van der Waals surface area (Å²) in [7, 11) is -0.420. The molecule has 0 radical (unpaired) electrons. The van der Waals surface area contributed by atoms with Crippen molar-refractivity contribution in [1.82, 2.24) is 4.40 Å². The second-order valence-electron chi connectivity index (χ2n) is 12.3. The van der Waals surface area contributed by atoms with E-state index >= 15 is 0 Å². The molecule has 2 aromatic heterocycles. The van der Waals surface area contributed by atoms with Gasteiger partial charge in [-0.25, -0.2) is 0 Å². The molecule has 1 unspecified atom stereocenters. The largest absolute Gasteiger partial charge is 0.494 e. The Morgan fingerprint density at radius 2 is 1.32 bits per heavy atom. The lowest BCUT2D eigenvalue weighted by molar-refractivity contribution is 0.00578. The van der Waals surface area contributed by atoms with Gasteiger partial charge in [0, 0.05) is 37.9 Å². The van der Waals surface area contributed by atoms with Crippen molar-refractivity contribution in [3.63, 3.8) is 0 Å². The fourth-order valence-corrected chi connectivity index (χ4v) is 6.86. The summed E-state index contributed by atoms with van der Waals surface area (Å²) < 4.78 is 21.9. The first-order chi connectivity index (χ1) is 19.3. The number of allylic oxidation sites excluding steroid dienone is 4. The summed E-state index contributed by atoms with van der Waals surface area (Å²) >= 11 is 0. The monoisotopic (exact) mass is 521 g/mol. The summed E-state index contributed by atoms with van der Waals surface area (Å²) in [4.78, 5) is 0. The zero-order valence-corrected chi connectivity index (χ0v) is 23.0. The van der Waals surface area contributed by atoms with Gasteiger partial charge in [-0.05, 0) is 69.1 Å². The van der Waals surface area contributed by atoms with Crippen molar-refractivity contribution >= 4 is 61.6 Å². The first kappa shape index (κ1) is 22.7. The van der Waals surface area contributed by atoms with Crippen molar-refractivity contribution in [2.75, 3.05) is 0 Å². The molecule has 9 rings (SSSR count). The molecule has 3 aliphatic rings. The average Bonchev–Trinajstić information content (AvgIpc) is 3.48. The van der Waals surface area contributed by atoms with Gasteiger partial charge in [0.2, 0.25) is 0 Å². The molecule has 4 nitrogen and oxygen atoms in total. The zero-order valence-electron chi connectivity index (χ0n) is 23.0. The smallest absolute Gasteiger partial charge is 0.481 e.